The van der Waals surface area contributed by atoms with E-state index in [0.717, 1.165) is 23.2 Å². The molecule has 2 unspecified atom stereocenters. The molecule has 2 aromatic rings. The van der Waals surface area contributed by atoms with Gasteiger partial charge in [0, 0.05) is 26.0 Å². The molecule has 0 amide bonds. The third kappa shape index (κ3) is 4.36. The maximum atomic E-state index is 14.3. The second-order valence-electron chi connectivity index (χ2n) is 12.8. The van der Waals surface area contributed by atoms with Crippen molar-refractivity contribution in [3.8, 4) is 11.5 Å². The molecule has 5 atom stereocenters. The topological polar surface area (TPSA) is 102 Å². The summed E-state index contributed by atoms with van der Waals surface area (Å²) in [6.07, 6.45) is 1.61. The van der Waals surface area contributed by atoms with Crippen LogP contribution in [0.1, 0.15) is 63.6 Å². The van der Waals surface area contributed by atoms with Crippen LogP contribution in [-0.2, 0) is 41.9 Å². The van der Waals surface area contributed by atoms with Crippen LogP contribution in [0.2, 0.25) is 0 Å². The van der Waals surface area contributed by atoms with Gasteiger partial charge in [-0.1, -0.05) is 50.2 Å². The molecule has 6 rings (SSSR count). The Hall–Kier alpha value is -2.95. The van der Waals surface area contributed by atoms with E-state index in [1.807, 2.05) is 50.2 Å². The summed E-state index contributed by atoms with van der Waals surface area (Å²) >= 11 is 0. The zero-order valence-electron chi connectivity index (χ0n) is 25.0. The molecule has 10 heteroatoms. The Morgan fingerprint density at radius 2 is 1.83 bits per heavy atom. The zero-order valence-corrected chi connectivity index (χ0v) is 25.8. The van der Waals surface area contributed by atoms with Crippen LogP contribution in [0.5, 0.6) is 11.5 Å². The third-order valence-electron chi connectivity index (χ3n) is 9.69. The summed E-state index contributed by atoms with van der Waals surface area (Å²) < 4.78 is 49.1. The second-order valence-corrected chi connectivity index (χ2v) is 14.7. The van der Waals surface area contributed by atoms with Gasteiger partial charge in [0.2, 0.25) is 10.0 Å². The highest BCUT2D eigenvalue weighted by molar-refractivity contribution is 7.88. The number of nitrogens with zero attached hydrogens (tertiary/aromatic N) is 2. The first-order valence-corrected chi connectivity index (χ1v) is 16.5. The average Bonchev–Trinajstić information content (AvgIpc) is 3.26. The van der Waals surface area contributed by atoms with Crippen LogP contribution in [0, 0.1) is 5.92 Å². The van der Waals surface area contributed by atoms with Gasteiger partial charge in [0.25, 0.3) is 0 Å². The van der Waals surface area contributed by atoms with E-state index in [2.05, 4.69) is 11.9 Å². The zero-order chi connectivity index (χ0) is 30.0. The minimum absolute atomic E-state index is 0.0701. The number of carbonyl (C=O) groups is 2. The molecular weight excluding hydrogens is 556 g/mol. The fraction of sp³-hybridized carbons (Fsp3) is 0.562. The summed E-state index contributed by atoms with van der Waals surface area (Å²) in [5.41, 5.74) is 0.987. The highest BCUT2D eigenvalue weighted by atomic mass is 32.2. The van der Waals surface area contributed by atoms with Gasteiger partial charge in [-0.3, -0.25) is 14.5 Å². The fourth-order valence-electron chi connectivity index (χ4n) is 8.36. The molecular formula is C32H40N2O7S. The van der Waals surface area contributed by atoms with Crippen LogP contribution >= 0.6 is 0 Å². The lowest BCUT2D eigenvalue weighted by Gasteiger charge is -2.65. The highest BCUT2D eigenvalue weighted by Crippen LogP contribution is 2.67. The Morgan fingerprint density at radius 1 is 1.10 bits per heavy atom. The average molecular weight is 597 g/mol. The van der Waals surface area contributed by atoms with E-state index in [1.165, 1.54) is 13.8 Å². The van der Waals surface area contributed by atoms with Crippen molar-refractivity contribution in [2.45, 2.75) is 88.3 Å². The van der Waals surface area contributed by atoms with E-state index in [9.17, 15) is 18.0 Å². The van der Waals surface area contributed by atoms with Gasteiger partial charge in [0.15, 0.2) is 11.5 Å². The largest absolute Gasteiger partial charge is 0.483 e. The number of piperidine rings is 1. The smallest absolute Gasteiger partial charge is 0.308 e. The van der Waals surface area contributed by atoms with Crippen LogP contribution < -0.4 is 9.47 Å². The SMILES string of the molecule is CC(=O)Oc1ccc2c3c1OC1C(N(CC(C)C)S(=O)(=O)Cc4ccccc4)CC[C@@]4(OC(C)=O)[C@@H](C2)N(C)CC[C@]314. The van der Waals surface area contributed by atoms with Crippen LogP contribution in [-0.4, -0.2) is 73.5 Å². The Kier molecular flexibility index (Phi) is 7.18. The summed E-state index contributed by atoms with van der Waals surface area (Å²) in [5.74, 6) is -0.0801. The minimum Gasteiger partial charge on any atom is -0.483 e. The standard InChI is InChI=1S/C32H40N2O7S/c1-20(2)18-34(42(37,38)19-23-9-7-6-8-10-23)25-13-14-32(41-22(4)36)27-17-24-11-12-26(39-21(3)35)29-28(24)31(32,30(25)40-29)15-16-33(27)5/h6-12,20,25,27,30H,13-19H2,1-5H3/t25?,27-,30?,31+,32-/m1/s1. The normalized spacial score (nSPS) is 29.6. The Balaban J connectivity index is 1.54. The van der Waals surface area contributed by atoms with Gasteiger partial charge in [0.05, 0.1) is 23.3 Å². The molecule has 1 saturated heterocycles. The molecule has 0 N–H and O–H groups in total. The van der Waals surface area contributed by atoms with Crippen molar-refractivity contribution >= 4 is 22.0 Å². The molecule has 2 fully saturated rings. The van der Waals surface area contributed by atoms with Crippen molar-refractivity contribution in [3.05, 3.63) is 59.2 Å². The fourth-order valence-corrected chi connectivity index (χ4v) is 10.3. The number of rotatable bonds is 8. The number of likely N-dealkylation sites (tertiary alicyclic amines) is 1. The van der Waals surface area contributed by atoms with Crippen LogP contribution in [0.15, 0.2) is 42.5 Å². The monoisotopic (exact) mass is 596 g/mol. The van der Waals surface area contributed by atoms with Gasteiger partial charge >= 0.3 is 11.9 Å². The van der Waals surface area contributed by atoms with Gasteiger partial charge in [-0.2, -0.15) is 4.31 Å². The summed E-state index contributed by atoms with van der Waals surface area (Å²) in [4.78, 5) is 27.2. The number of ether oxygens (including phenoxy) is 3. The van der Waals surface area contributed by atoms with Crippen molar-refractivity contribution in [1.82, 2.24) is 9.21 Å². The first kappa shape index (κ1) is 29.1. The molecule has 2 aromatic carbocycles. The Labute approximate surface area is 248 Å². The number of esters is 2. The lowest BCUT2D eigenvalue weighted by atomic mass is 9.48. The van der Waals surface area contributed by atoms with E-state index >= 15 is 0 Å². The van der Waals surface area contributed by atoms with E-state index < -0.39 is 39.2 Å². The van der Waals surface area contributed by atoms with Gasteiger partial charge in [-0.05, 0) is 62.4 Å². The number of benzene rings is 2. The van der Waals surface area contributed by atoms with E-state index in [4.69, 9.17) is 14.2 Å². The molecule has 2 aliphatic heterocycles. The number of likely N-dealkylation sites (N-methyl/N-ethyl adjacent to an activating group) is 1. The summed E-state index contributed by atoms with van der Waals surface area (Å²) in [7, 11) is -1.71. The highest BCUT2D eigenvalue weighted by Gasteiger charge is 2.75. The number of hydrogen-bond acceptors (Lipinski definition) is 8. The molecule has 226 valence electrons. The van der Waals surface area contributed by atoms with E-state index in [1.54, 1.807) is 10.4 Å². The molecule has 2 aliphatic carbocycles. The van der Waals surface area contributed by atoms with Gasteiger partial charge in [0.1, 0.15) is 11.7 Å². The molecule has 0 radical (unpaired) electrons. The van der Waals surface area contributed by atoms with Crippen LogP contribution in [0.3, 0.4) is 0 Å². The predicted molar refractivity (Wildman–Crippen MR) is 157 cm³/mol. The Morgan fingerprint density at radius 3 is 2.50 bits per heavy atom. The predicted octanol–water partition coefficient (Wildman–Crippen LogP) is 3.82. The van der Waals surface area contributed by atoms with Crippen molar-refractivity contribution in [3.63, 3.8) is 0 Å². The first-order chi connectivity index (χ1) is 19.9. The quantitative estimate of drug-likeness (QED) is 0.335. The summed E-state index contributed by atoms with van der Waals surface area (Å²) in [6, 6.07) is 12.4. The lowest BCUT2D eigenvalue weighted by Crippen LogP contribution is -2.79. The van der Waals surface area contributed by atoms with Gasteiger partial charge < -0.3 is 14.2 Å². The maximum absolute atomic E-state index is 14.3. The van der Waals surface area contributed by atoms with Crippen molar-refractivity contribution < 1.29 is 32.2 Å². The second kappa shape index (κ2) is 10.3. The molecule has 9 nitrogen and oxygen atoms in total. The molecule has 42 heavy (non-hydrogen) atoms. The van der Waals surface area contributed by atoms with Crippen LogP contribution in [0.25, 0.3) is 0 Å². The van der Waals surface area contributed by atoms with Crippen molar-refractivity contribution in [2.24, 2.45) is 5.92 Å². The number of carbonyl (C=O) groups excluding carboxylic acids is 2. The van der Waals surface area contributed by atoms with Gasteiger partial charge in [-0.15, -0.1) is 0 Å². The lowest BCUT2D eigenvalue weighted by molar-refractivity contribution is -0.219. The minimum atomic E-state index is -3.77. The van der Waals surface area contributed by atoms with Crippen molar-refractivity contribution in [2.75, 3.05) is 20.1 Å². The third-order valence-corrected chi connectivity index (χ3v) is 11.5. The number of hydrogen-bond donors (Lipinski definition) is 0. The van der Waals surface area contributed by atoms with Crippen LogP contribution in [0.4, 0.5) is 0 Å². The molecule has 2 bridgehead atoms. The molecule has 1 spiro atoms. The maximum Gasteiger partial charge on any atom is 0.308 e. The van der Waals surface area contributed by atoms with Gasteiger partial charge in [-0.25, -0.2) is 8.42 Å². The molecule has 1 saturated carbocycles. The Bertz CT molecular complexity index is 1510. The molecule has 4 aliphatic rings. The number of sulfonamides is 1. The summed E-state index contributed by atoms with van der Waals surface area (Å²) in [6.45, 7) is 7.90. The first-order valence-electron chi connectivity index (χ1n) is 14.8. The van der Waals surface area contributed by atoms with E-state index in [-0.39, 0.29) is 23.7 Å². The van der Waals surface area contributed by atoms with E-state index in [0.29, 0.717) is 43.7 Å². The van der Waals surface area contributed by atoms with Crippen molar-refractivity contribution in [1.29, 1.82) is 0 Å². The molecule has 2 heterocycles. The summed E-state index contributed by atoms with van der Waals surface area (Å²) in [5, 5.41) is 0. The molecule has 0 aromatic heterocycles.